The topological polar surface area (TPSA) is 78.9 Å². The fourth-order valence-electron chi connectivity index (χ4n) is 9.02. The Hall–Kier alpha value is -4.19. The zero-order chi connectivity index (χ0) is 57.1. The van der Waals surface area contributed by atoms with Crippen molar-refractivity contribution in [2.75, 3.05) is 13.2 Å². The molecule has 0 aliphatic rings. The molecule has 0 aliphatic carbocycles. The summed E-state index contributed by atoms with van der Waals surface area (Å²) in [7, 11) is 0. The highest BCUT2D eigenvalue weighted by molar-refractivity contribution is 5.71. The van der Waals surface area contributed by atoms with Crippen LogP contribution in [-0.4, -0.2) is 37.2 Å². The minimum absolute atomic E-state index is 0.0862. The summed E-state index contributed by atoms with van der Waals surface area (Å²) in [4.78, 5) is 38.2. The average Bonchev–Trinajstić information content (AvgIpc) is 3.45. The van der Waals surface area contributed by atoms with Gasteiger partial charge in [0.15, 0.2) is 6.10 Å². The van der Waals surface area contributed by atoms with Crippen molar-refractivity contribution in [2.24, 2.45) is 0 Å². The maximum atomic E-state index is 12.9. The Balaban J connectivity index is 4.28. The molecule has 0 spiro atoms. The summed E-state index contributed by atoms with van der Waals surface area (Å²) in [6.45, 7) is 6.49. The van der Waals surface area contributed by atoms with E-state index in [4.69, 9.17) is 14.2 Å². The van der Waals surface area contributed by atoms with E-state index < -0.39 is 6.10 Å². The first-order valence-electron chi connectivity index (χ1n) is 33.0. The van der Waals surface area contributed by atoms with Gasteiger partial charge in [-0.1, -0.05) is 290 Å². The minimum Gasteiger partial charge on any atom is -0.462 e. The lowest BCUT2D eigenvalue weighted by molar-refractivity contribution is -0.167. The van der Waals surface area contributed by atoms with E-state index in [1.54, 1.807) is 0 Å². The first-order chi connectivity index (χ1) is 39.0. The molecule has 0 heterocycles. The number of allylic oxidation sites excluding steroid dienone is 20. The molecule has 0 aromatic rings. The van der Waals surface area contributed by atoms with Crippen LogP contribution in [0.3, 0.4) is 0 Å². The molecule has 0 bridgehead atoms. The van der Waals surface area contributed by atoms with Gasteiger partial charge in [-0.25, -0.2) is 0 Å². The van der Waals surface area contributed by atoms with Gasteiger partial charge in [-0.2, -0.15) is 0 Å². The summed E-state index contributed by atoms with van der Waals surface area (Å²) in [5.74, 6) is -0.908. The van der Waals surface area contributed by atoms with E-state index in [1.165, 1.54) is 128 Å². The van der Waals surface area contributed by atoms with Gasteiger partial charge in [-0.3, -0.25) is 14.4 Å². The van der Waals surface area contributed by atoms with Crippen LogP contribution in [0.2, 0.25) is 0 Å². The normalized spacial score (nSPS) is 12.9. The lowest BCUT2D eigenvalue weighted by atomic mass is 10.0. The van der Waals surface area contributed by atoms with E-state index >= 15 is 0 Å². The number of esters is 3. The van der Waals surface area contributed by atoms with Crippen LogP contribution in [0.15, 0.2) is 122 Å². The molecule has 79 heavy (non-hydrogen) atoms. The first kappa shape index (κ1) is 74.8. The number of carbonyl (C=O) groups excluding carboxylic acids is 3. The van der Waals surface area contributed by atoms with Crippen molar-refractivity contribution in [3.8, 4) is 0 Å². The second-order valence-corrected chi connectivity index (χ2v) is 21.6. The fraction of sp³-hybridized carbons (Fsp3) is 0.685. The van der Waals surface area contributed by atoms with Crippen LogP contribution in [0.1, 0.15) is 303 Å². The molecule has 0 saturated heterocycles. The molecule has 1 atom stereocenters. The molecule has 0 saturated carbocycles. The highest BCUT2D eigenvalue weighted by Gasteiger charge is 2.19. The van der Waals surface area contributed by atoms with Crippen LogP contribution >= 0.6 is 0 Å². The van der Waals surface area contributed by atoms with Crippen molar-refractivity contribution in [1.29, 1.82) is 0 Å². The third kappa shape index (κ3) is 64.5. The van der Waals surface area contributed by atoms with Gasteiger partial charge in [-0.05, 0) is 116 Å². The second-order valence-electron chi connectivity index (χ2n) is 21.6. The lowest BCUT2D eigenvalue weighted by Gasteiger charge is -2.18. The monoisotopic (exact) mass is 1090 g/mol. The van der Waals surface area contributed by atoms with Crippen molar-refractivity contribution in [3.63, 3.8) is 0 Å². The summed E-state index contributed by atoms with van der Waals surface area (Å²) < 4.78 is 16.9. The van der Waals surface area contributed by atoms with Gasteiger partial charge in [0.25, 0.3) is 0 Å². The van der Waals surface area contributed by atoms with Crippen molar-refractivity contribution in [3.05, 3.63) is 122 Å². The van der Waals surface area contributed by atoms with Gasteiger partial charge in [0.1, 0.15) is 13.2 Å². The minimum atomic E-state index is -0.791. The maximum absolute atomic E-state index is 12.9. The zero-order valence-corrected chi connectivity index (χ0v) is 51.6. The second kappa shape index (κ2) is 66.3. The van der Waals surface area contributed by atoms with Crippen molar-refractivity contribution < 1.29 is 28.6 Å². The summed E-state index contributed by atoms with van der Waals surface area (Å²) in [5, 5.41) is 0. The largest absolute Gasteiger partial charge is 0.462 e. The Bertz CT molecular complexity index is 1640. The van der Waals surface area contributed by atoms with E-state index in [1.807, 2.05) is 0 Å². The molecule has 0 aromatic heterocycles. The van der Waals surface area contributed by atoms with Crippen LogP contribution in [0.5, 0.6) is 0 Å². The highest BCUT2D eigenvalue weighted by atomic mass is 16.6. The Morgan fingerprint density at radius 2 is 0.494 bits per heavy atom. The number of hydrogen-bond acceptors (Lipinski definition) is 6. The van der Waals surface area contributed by atoms with Crippen LogP contribution in [0.4, 0.5) is 0 Å². The predicted octanol–water partition coefficient (Wildman–Crippen LogP) is 22.8. The van der Waals surface area contributed by atoms with Gasteiger partial charge in [0, 0.05) is 19.3 Å². The molecular weight excluding hydrogens is 973 g/mol. The molecule has 6 nitrogen and oxygen atoms in total. The average molecular weight is 1100 g/mol. The molecular formula is C73H122O6. The summed E-state index contributed by atoms with van der Waals surface area (Å²) in [6.07, 6.45) is 92.1. The first-order valence-corrected chi connectivity index (χ1v) is 33.0. The van der Waals surface area contributed by atoms with E-state index in [-0.39, 0.29) is 31.1 Å². The number of ether oxygens (including phenoxy) is 3. The predicted molar refractivity (Wildman–Crippen MR) is 343 cm³/mol. The number of carbonyl (C=O) groups is 3. The molecule has 0 aromatic carbocycles. The molecule has 0 rings (SSSR count). The molecule has 0 aliphatic heterocycles. The molecule has 6 heteroatoms. The van der Waals surface area contributed by atoms with E-state index in [9.17, 15) is 14.4 Å². The lowest BCUT2D eigenvalue weighted by Crippen LogP contribution is -2.30. The van der Waals surface area contributed by atoms with Crippen molar-refractivity contribution >= 4 is 17.9 Å². The number of rotatable bonds is 59. The SMILES string of the molecule is CC/C=C\C/C=C\C/C=C\C/C=C\C/C=C\C/C=C\C/C=C\CCCCCCCC(=O)OCC(COC(=O)CCCCCCCCCCC)OC(=O)CCCCCCCCCCCC/C=C\C/C=C\C/C=C\CCCCCCC. The summed E-state index contributed by atoms with van der Waals surface area (Å²) in [5.41, 5.74) is 0. The quantitative estimate of drug-likeness (QED) is 0.0261. The summed E-state index contributed by atoms with van der Waals surface area (Å²) in [6, 6.07) is 0. The van der Waals surface area contributed by atoms with Crippen LogP contribution in [-0.2, 0) is 28.6 Å². The fourth-order valence-corrected chi connectivity index (χ4v) is 9.02. The van der Waals surface area contributed by atoms with Crippen LogP contribution in [0.25, 0.3) is 0 Å². The third-order valence-corrected chi connectivity index (χ3v) is 14.0. The smallest absolute Gasteiger partial charge is 0.306 e. The molecule has 450 valence electrons. The molecule has 0 radical (unpaired) electrons. The molecule has 1 unspecified atom stereocenters. The van der Waals surface area contributed by atoms with Gasteiger partial charge in [0.2, 0.25) is 0 Å². The van der Waals surface area contributed by atoms with Crippen molar-refractivity contribution in [2.45, 2.75) is 309 Å². The Kier molecular flexibility index (Phi) is 62.8. The molecule has 0 fully saturated rings. The van der Waals surface area contributed by atoms with Gasteiger partial charge < -0.3 is 14.2 Å². The molecule has 0 amide bonds. The van der Waals surface area contributed by atoms with Gasteiger partial charge >= 0.3 is 17.9 Å². The van der Waals surface area contributed by atoms with Gasteiger partial charge in [-0.15, -0.1) is 0 Å². The Labute approximate surface area is 488 Å². The van der Waals surface area contributed by atoms with Crippen LogP contribution in [0, 0.1) is 0 Å². The zero-order valence-electron chi connectivity index (χ0n) is 51.6. The van der Waals surface area contributed by atoms with E-state index in [0.29, 0.717) is 19.3 Å². The Morgan fingerprint density at radius 3 is 0.772 bits per heavy atom. The third-order valence-electron chi connectivity index (χ3n) is 14.0. The standard InChI is InChI=1S/C73H122O6/c1-4-7-10-13-16-19-21-23-25-27-29-31-33-35-36-38-39-41-43-45-47-49-51-54-57-60-63-66-72(75)78-69-70(68-77-71(74)65-62-59-56-53-18-15-12-9-6-3)79-73(76)67-64-61-58-55-52-50-48-46-44-42-40-37-34-32-30-28-26-24-22-20-17-14-11-8-5-2/h7,10,16,19,22-25,28-31,34-37,39,41,45,47,70H,4-6,8-9,11-15,17-18,20-21,26-27,32-33,38,40,42-44,46,48-69H2,1-3H3/b10-7-,19-16-,24-22-,25-23-,30-28-,31-29-,36-35-,37-34-,41-39-,47-45-. The maximum Gasteiger partial charge on any atom is 0.306 e. The van der Waals surface area contributed by atoms with E-state index in [0.717, 1.165) is 135 Å². The highest BCUT2D eigenvalue weighted by Crippen LogP contribution is 2.16. The number of hydrogen-bond donors (Lipinski definition) is 0. The van der Waals surface area contributed by atoms with Gasteiger partial charge in [0.05, 0.1) is 0 Å². The Morgan fingerprint density at radius 1 is 0.266 bits per heavy atom. The van der Waals surface area contributed by atoms with Crippen LogP contribution < -0.4 is 0 Å². The van der Waals surface area contributed by atoms with E-state index in [2.05, 4.69) is 142 Å². The number of unbranched alkanes of at least 4 members (excludes halogenated alkanes) is 28. The molecule has 0 N–H and O–H groups in total. The van der Waals surface area contributed by atoms with Crippen molar-refractivity contribution in [1.82, 2.24) is 0 Å². The summed E-state index contributed by atoms with van der Waals surface area (Å²) >= 11 is 0.